The molecule has 0 aromatic carbocycles. The number of hydrogen-bond donors (Lipinski definition) is 1. The van der Waals surface area contributed by atoms with Crippen molar-refractivity contribution in [2.75, 3.05) is 0 Å². The second-order valence-electron chi connectivity index (χ2n) is 9.32. The zero-order valence-corrected chi connectivity index (χ0v) is 15.1. The highest BCUT2D eigenvalue weighted by atomic mass is 16.4. The Bertz CT molecular complexity index is 595. The molecular weight excluding hydrogens is 298 g/mol. The van der Waals surface area contributed by atoms with Gasteiger partial charge in [0.15, 0.2) is 5.78 Å². The van der Waals surface area contributed by atoms with E-state index in [1.165, 1.54) is 37.7 Å². The highest BCUT2D eigenvalue weighted by Crippen LogP contribution is 2.66. The van der Waals surface area contributed by atoms with Crippen LogP contribution >= 0.6 is 0 Å². The van der Waals surface area contributed by atoms with Crippen molar-refractivity contribution in [2.24, 2.45) is 39.7 Å². The Morgan fingerprint density at radius 3 is 2.79 bits per heavy atom. The molecule has 3 heteroatoms. The molecule has 24 heavy (non-hydrogen) atoms. The molecule has 0 spiro atoms. The van der Waals surface area contributed by atoms with Crippen LogP contribution in [0, 0.1) is 34.5 Å². The predicted octanol–water partition coefficient (Wildman–Crippen LogP) is 4.98. The third-order valence-electron chi connectivity index (χ3n) is 8.63. The Kier molecular flexibility index (Phi) is 3.89. The average Bonchev–Trinajstić information content (AvgIpc) is 2.90. The molecule has 0 bridgehead atoms. The summed E-state index contributed by atoms with van der Waals surface area (Å²) in [5, 5.41) is 12.1. The van der Waals surface area contributed by atoms with Gasteiger partial charge in [0, 0.05) is 12.6 Å². The van der Waals surface area contributed by atoms with E-state index < -0.39 is 0 Å². The first-order valence-corrected chi connectivity index (χ1v) is 9.89. The molecular formula is C21H31NO2. The Morgan fingerprint density at radius 2 is 2.00 bits per heavy atom. The summed E-state index contributed by atoms with van der Waals surface area (Å²) in [6.45, 7) is 4.96. The van der Waals surface area contributed by atoms with E-state index in [2.05, 4.69) is 19.0 Å². The predicted molar refractivity (Wildman–Crippen MR) is 95.1 cm³/mol. The van der Waals surface area contributed by atoms with Gasteiger partial charge < -0.3 is 5.21 Å². The third kappa shape index (κ3) is 2.23. The van der Waals surface area contributed by atoms with Crippen LogP contribution in [0.25, 0.3) is 0 Å². The first-order chi connectivity index (χ1) is 11.5. The normalized spacial score (nSPS) is 47.9. The van der Waals surface area contributed by atoms with Crippen LogP contribution in [-0.2, 0) is 4.79 Å². The second-order valence-corrected chi connectivity index (χ2v) is 9.32. The number of carbonyl (C=O) groups excluding carboxylic acids is 1. The molecule has 6 atom stereocenters. The van der Waals surface area contributed by atoms with Gasteiger partial charge in [0.2, 0.25) is 0 Å². The summed E-state index contributed by atoms with van der Waals surface area (Å²) in [6, 6.07) is 0. The molecule has 0 amide bonds. The molecule has 0 aromatic heterocycles. The molecule has 0 radical (unpaired) electrons. The molecule has 3 saturated carbocycles. The molecule has 0 heterocycles. The minimum absolute atomic E-state index is 0.281. The van der Waals surface area contributed by atoms with Crippen molar-refractivity contribution >= 4 is 12.0 Å². The number of fused-ring (bicyclic) bond motifs is 5. The Morgan fingerprint density at radius 1 is 1.17 bits per heavy atom. The smallest absolute Gasteiger partial charge is 0.155 e. The van der Waals surface area contributed by atoms with E-state index in [0.29, 0.717) is 17.1 Å². The van der Waals surface area contributed by atoms with Crippen molar-refractivity contribution in [3.8, 4) is 0 Å². The molecule has 4 rings (SSSR count). The first kappa shape index (κ1) is 16.4. The summed E-state index contributed by atoms with van der Waals surface area (Å²) in [7, 11) is 0. The van der Waals surface area contributed by atoms with Crippen LogP contribution in [0.15, 0.2) is 16.8 Å². The van der Waals surface area contributed by atoms with Gasteiger partial charge in [-0.1, -0.05) is 19.4 Å². The molecule has 0 aromatic rings. The van der Waals surface area contributed by atoms with Gasteiger partial charge in [-0.15, -0.1) is 5.16 Å². The number of ketones is 1. The van der Waals surface area contributed by atoms with Crippen LogP contribution in [0.2, 0.25) is 0 Å². The van der Waals surface area contributed by atoms with E-state index in [4.69, 9.17) is 5.21 Å². The van der Waals surface area contributed by atoms with Crippen molar-refractivity contribution in [3.63, 3.8) is 0 Å². The number of allylic oxidation sites excluding steroid dienone is 1. The number of nitrogens with zero attached hydrogens (tertiary/aromatic N) is 1. The summed E-state index contributed by atoms with van der Waals surface area (Å²) in [6.07, 6.45) is 14.1. The van der Waals surface area contributed by atoms with Crippen molar-refractivity contribution in [2.45, 2.75) is 71.6 Å². The molecule has 3 fully saturated rings. The van der Waals surface area contributed by atoms with E-state index in [1.54, 1.807) is 6.21 Å². The largest absolute Gasteiger partial charge is 0.411 e. The topological polar surface area (TPSA) is 49.7 Å². The molecule has 0 saturated heterocycles. The van der Waals surface area contributed by atoms with Gasteiger partial charge in [-0.25, -0.2) is 0 Å². The van der Waals surface area contributed by atoms with Gasteiger partial charge in [-0.2, -0.15) is 0 Å². The lowest BCUT2D eigenvalue weighted by molar-refractivity contribution is -0.117. The zero-order valence-electron chi connectivity index (χ0n) is 15.1. The molecule has 1 N–H and O–H groups in total. The van der Waals surface area contributed by atoms with Crippen LogP contribution < -0.4 is 0 Å². The quantitative estimate of drug-likeness (QED) is 0.441. The van der Waals surface area contributed by atoms with Crippen LogP contribution in [0.5, 0.6) is 0 Å². The molecule has 132 valence electrons. The summed E-state index contributed by atoms with van der Waals surface area (Å²) < 4.78 is 0. The SMILES string of the molecule is CC12CCC(=O)C=C1CCC1C2CCC2(C)C(C/C=N/O)CCC12. The van der Waals surface area contributed by atoms with Gasteiger partial charge >= 0.3 is 0 Å². The summed E-state index contributed by atoms with van der Waals surface area (Å²) in [5.41, 5.74) is 2.17. The van der Waals surface area contributed by atoms with Gasteiger partial charge in [0.25, 0.3) is 0 Å². The van der Waals surface area contributed by atoms with Gasteiger partial charge in [0.1, 0.15) is 0 Å². The monoisotopic (exact) mass is 329 g/mol. The van der Waals surface area contributed by atoms with Crippen LogP contribution in [0.4, 0.5) is 0 Å². The Hall–Kier alpha value is -1.12. The van der Waals surface area contributed by atoms with Crippen molar-refractivity contribution in [3.05, 3.63) is 11.6 Å². The van der Waals surface area contributed by atoms with Crippen LogP contribution in [0.3, 0.4) is 0 Å². The average molecular weight is 329 g/mol. The number of carbonyl (C=O) groups is 1. The Balaban J connectivity index is 1.61. The van der Waals surface area contributed by atoms with Crippen LogP contribution in [0.1, 0.15) is 71.6 Å². The van der Waals surface area contributed by atoms with Gasteiger partial charge in [-0.05, 0) is 91.9 Å². The molecule has 3 nitrogen and oxygen atoms in total. The van der Waals surface area contributed by atoms with Gasteiger partial charge in [-0.3, -0.25) is 4.79 Å². The molecule has 4 aliphatic carbocycles. The van der Waals surface area contributed by atoms with Crippen molar-refractivity contribution in [1.82, 2.24) is 0 Å². The number of rotatable bonds is 2. The fourth-order valence-corrected chi connectivity index (χ4v) is 7.23. The fraction of sp³-hybridized carbons (Fsp3) is 0.810. The lowest BCUT2D eigenvalue weighted by atomic mass is 9.47. The lowest BCUT2D eigenvalue weighted by Crippen LogP contribution is -2.50. The molecule has 0 aliphatic heterocycles. The summed E-state index contributed by atoms with van der Waals surface area (Å²) >= 11 is 0. The van der Waals surface area contributed by atoms with E-state index >= 15 is 0 Å². The van der Waals surface area contributed by atoms with Crippen LogP contribution in [-0.4, -0.2) is 17.2 Å². The second kappa shape index (κ2) is 5.71. The number of hydrogen-bond acceptors (Lipinski definition) is 3. The molecule has 4 aliphatic rings. The van der Waals surface area contributed by atoms with E-state index in [1.807, 2.05) is 6.08 Å². The fourth-order valence-electron chi connectivity index (χ4n) is 7.23. The number of oxime groups is 1. The summed E-state index contributed by atoms with van der Waals surface area (Å²) in [4.78, 5) is 11.9. The third-order valence-corrected chi connectivity index (χ3v) is 8.63. The van der Waals surface area contributed by atoms with E-state index in [-0.39, 0.29) is 5.41 Å². The summed E-state index contributed by atoms with van der Waals surface area (Å²) in [5.74, 6) is 3.45. The molecule has 6 unspecified atom stereocenters. The highest BCUT2D eigenvalue weighted by molar-refractivity contribution is 5.91. The standard InChI is InChI=1S/C21H31NO2/c1-20-11-8-19-17(18(20)6-4-14(20)9-12-22-24)5-3-15-13-16(23)7-10-21(15,19)2/h12-14,17-19,24H,3-11H2,1-2H3/b22-12+. The van der Waals surface area contributed by atoms with E-state index in [0.717, 1.165) is 43.4 Å². The van der Waals surface area contributed by atoms with E-state index in [9.17, 15) is 4.79 Å². The minimum atomic E-state index is 0.281. The van der Waals surface area contributed by atoms with Crippen molar-refractivity contribution in [1.29, 1.82) is 0 Å². The minimum Gasteiger partial charge on any atom is -0.411 e. The van der Waals surface area contributed by atoms with Gasteiger partial charge in [0.05, 0.1) is 0 Å². The maximum absolute atomic E-state index is 11.9. The maximum Gasteiger partial charge on any atom is 0.155 e. The Labute approximate surface area is 145 Å². The zero-order chi connectivity index (χ0) is 16.9. The highest BCUT2D eigenvalue weighted by Gasteiger charge is 2.58. The first-order valence-electron chi connectivity index (χ1n) is 9.89. The maximum atomic E-state index is 11.9. The van der Waals surface area contributed by atoms with Crippen molar-refractivity contribution < 1.29 is 10.0 Å². The lowest BCUT2D eigenvalue weighted by Gasteiger charge is -2.58.